The van der Waals surface area contributed by atoms with Crippen molar-refractivity contribution in [3.05, 3.63) is 0 Å². The van der Waals surface area contributed by atoms with Crippen LogP contribution in [0.2, 0.25) is 0 Å². The van der Waals surface area contributed by atoms with Gasteiger partial charge in [-0.2, -0.15) is 0 Å². The molecule has 0 saturated heterocycles. The lowest BCUT2D eigenvalue weighted by molar-refractivity contribution is -0.160. The molecule has 0 bridgehead atoms. The van der Waals surface area contributed by atoms with E-state index in [2.05, 4.69) is 26.1 Å². The lowest BCUT2D eigenvalue weighted by Crippen LogP contribution is -2.49. The largest absolute Gasteiger partial charge is 0.461 e. The van der Waals surface area contributed by atoms with Crippen LogP contribution in [0.15, 0.2) is 0 Å². The molecule has 18 heavy (non-hydrogen) atoms. The molecule has 0 amide bonds. The molecule has 0 aromatic rings. The average molecular weight is 255 g/mol. The average Bonchev–Trinajstić information content (AvgIpc) is 2.13. The summed E-state index contributed by atoms with van der Waals surface area (Å²) in [6.45, 7) is 13.3. The Labute approximate surface area is 112 Å². The molecule has 2 unspecified atom stereocenters. The standard InChI is InChI=1S/C15H29NO2/c1-7-16-15(5,6)13(17)18-12-8-11(2)9-14(3,4)10-12/h11-12,16H,7-10H2,1-6H3. The van der Waals surface area contributed by atoms with Gasteiger partial charge in [-0.3, -0.25) is 4.79 Å². The second kappa shape index (κ2) is 5.60. The smallest absolute Gasteiger partial charge is 0.326 e. The Kier molecular flexibility index (Phi) is 4.82. The summed E-state index contributed by atoms with van der Waals surface area (Å²) in [5.41, 5.74) is -0.301. The minimum absolute atomic E-state index is 0.0779. The fraction of sp³-hybridized carbons (Fsp3) is 0.933. The number of rotatable bonds is 4. The summed E-state index contributed by atoms with van der Waals surface area (Å²) in [4.78, 5) is 12.2. The number of hydrogen-bond donors (Lipinski definition) is 1. The van der Waals surface area contributed by atoms with Crippen molar-refractivity contribution >= 4 is 5.97 Å². The van der Waals surface area contributed by atoms with Gasteiger partial charge in [-0.1, -0.05) is 27.7 Å². The second-order valence-electron chi connectivity index (χ2n) is 7.10. The summed E-state index contributed by atoms with van der Waals surface area (Å²) in [7, 11) is 0. The zero-order valence-electron chi connectivity index (χ0n) is 12.8. The maximum atomic E-state index is 12.2. The van der Waals surface area contributed by atoms with Crippen LogP contribution < -0.4 is 5.32 Å². The Morgan fingerprint density at radius 1 is 1.39 bits per heavy atom. The van der Waals surface area contributed by atoms with E-state index >= 15 is 0 Å². The molecule has 1 aliphatic rings. The number of nitrogens with one attached hydrogen (secondary N) is 1. The second-order valence-corrected chi connectivity index (χ2v) is 7.10. The monoisotopic (exact) mass is 255 g/mol. The Balaban J connectivity index is 2.59. The molecule has 0 aromatic heterocycles. The molecule has 0 spiro atoms. The molecule has 0 aromatic carbocycles. The highest BCUT2D eigenvalue weighted by Gasteiger charge is 2.36. The number of esters is 1. The maximum absolute atomic E-state index is 12.2. The first-order chi connectivity index (χ1) is 8.16. The van der Waals surface area contributed by atoms with Crippen LogP contribution in [0.4, 0.5) is 0 Å². The van der Waals surface area contributed by atoms with Crippen molar-refractivity contribution in [1.29, 1.82) is 0 Å². The summed E-state index contributed by atoms with van der Waals surface area (Å²) < 4.78 is 5.71. The fourth-order valence-electron chi connectivity index (χ4n) is 3.16. The first kappa shape index (κ1) is 15.5. The van der Waals surface area contributed by atoms with Crippen LogP contribution in [-0.4, -0.2) is 24.2 Å². The van der Waals surface area contributed by atoms with E-state index in [-0.39, 0.29) is 17.5 Å². The summed E-state index contributed by atoms with van der Waals surface area (Å²) in [6, 6.07) is 0. The van der Waals surface area contributed by atoms with E-state index < -0.39 is 5.54 Å². The highest BCUT2D eigenvalue weighted by atomic mass is 16.5. The molecule has 1 saturated carbocycles. The number of carbonyl (C=O) groups is 1. The van der Waals surface area contributed by atoms with Crippen molar-refractivity contribution in [2.45, 2.75) is 72.4 Å². The molecular weight excluding hydrogens is 226 g/mol. The van der Waals surface area contributed by atoms with Gasteiger partial charge in [0.05, 0.1) is 0 Å². The quantitative estimate of drug-likeness (QED) is 0.784. The minimum Gasteiger partial charge on any atom is -0.461 e. The van der Waals surface area contributed by atoms with E-state index in [1.165, 1.54) is 6.42 Å². The maximum Gasteiger partial charge on any atom is 0.326 e. The van der Waals surface area contributed by atoms with Crippen LogP contribution in [0.1, 0.15) is 60.8 Å². The molecule has 0 heterocycles. The third-order valence-corrected chi connectivity index (χ3v) is 3.75. The molecule has 1 N–H and O–H groups in total. The summed E-state index contributed by atoms with van der Waals surface area (Å²) in [6.07, 6.45) is 3.27. The van der Waals surface area contributed by atoms with Gasteiger partial charge in [-0.05, 0) is 51.0 Å². The topological polar surface area (TPSA) is 38.3 Å². The Morgan fingerprint density at radius 3 is 2.50 bits per heavy atom. The molecule has 1 rings (SSSR count). The number of carbonyl (C=O) groups excluding carboxylic acids is 1. The zero-order chi connectivity index (χ0) is 14.0. The van der Waals surface area contributed by atoms with Gasteiger partial charge in [-0.15, -0.1) is 0 Å². The van der Waals surface area contributed by atoms with Crippen molar-refractivity contribution < 1.29 is 9.53 Å². The van der Waals surface area contributed by atoms with E-state index in [0.717, 1.165) is 19.4 Å². The number of likely N-dealkylation sites (N-methyl/N-ethyl adjacent to an activating group) is 1. The van der Waals surface area contributed by atoms with Crippen LogP contribution in [0.25, 0.3) is 0 Å². The van der Waals surface area contributed by atoms with Crippen molar-refractivity contribution in [3.8, 4) is 0 Å². The van der Waals surface area contributed by atoms with Gasteiger partial charge in [0, 0.05) is 0 Å². The minimum atomic E-state index is -0.584. The van der Waals surface area contributed by atoms with Crippen molar-refractivity contribution in [1.82, 2.24) is 5.32 Å². The first-order valence-electron chi connectivity index (χ1n) is 7.12. The van der Waals surface area contributed by atoms with Crippen LogP contribution in [0, 0.1) is 11.3 Å². The van der Waals surface area contributed by atoms with Crippen LogP contribution in [-0.2, 0) is 9.53 Å². The third-order valence-electron chi connectivity index (χ3n) is 3.75. The van der Waals surface area contributed by atoms with E-state index in [4.69, 9.17) is 4.74 Å². The zero-order valence-corrected chi connectivity index (χ0v) is 12.8. The van der Waals surface area contributed by atoms with Crippen molar-refractivity contribution in [2.75, 3.05) is 6.54 Å². The Morgan fingerprint density at radius 2 is 2.00 bits per heavy atom. The number of hydrogen-bond acceptors (Lipinski definition) is 3. The van der Waals surface area contributed by atoms with Crippen LogP contribution in [0.5, 0.6) is 0 Å². The molecule has 0 radical (unpaired) electrons. The summed E-state index contributed by atoms with van der Waals surface area (Å²) in [5, 5.41) is 3.17. The van der Waals surface area contributed by atoms with Crippen molar-refractivity contribution in [2.24, 2.45) is 11.3 Å². The third kappa shape index (κ3) is 4.27. The van der Waals surface area contributed by atoms with Gasteiger partial charge in [0.15, 0.2) is 0 Å². The lowest BCUT2D eigenvalue weighted by Gasteiger charge is -2.39. The predicted molar refractivity (Wildman–Crippen MR) is 74.4 cm³/mol. The first-order valence-corrected chi connectivity index (χ1v) is 7.12. The van der Waals surface area contributed by atoms with E-state index in [0.29, 0.717) is 5.92 Å². The van der Waals surface area contributed by atoms with E-state index in [1.54, 1.807) is 0 Å². The SMILES string of the molecule is CCNC(C)(C)C(=O)OC1CC(C)CC(C)(C)C1. The highest BCUT2D eigenvalue weighted by molar-refractivity contribution is 5.79. The van der Waals surface area contributed by atoms with Gasteiger partial charge in [-0.25, -0.2) is 0 Å². The van der Waals surface area contributed by atoms with Gasteiger partial charge in [0.2, 0.25) is 0 Å². The molecule has 0 aliphatic heterocycles. The normalized spacial score (nSPS) is 27.9. The fourth-order valence-corrected chi connectivity index (χ4v) is 3.16. The summed E-state index contributed by atoms with van der Waals surface area (Å²) >= 11 is 0. The number of ether oxygens (including phenoxy) is 1. The highest BCUT2D eigenvalue weighted by Crippen LogP contribution is 2.39. The van der Waals surface area contributed by atoms with Gasteiger partial charge in [0.25, 0.3) is 0 Å². The molecule has 106 valence electrons. The van der Waals surface area contributed by atoms with E-state index in [1.807, 2.05) is 20.8 Å². The van der Waals surface area contributed by atoms with E-state index in [9.17, 15) is 4.79 Å². The van der Waals surface area contributed by atoms with Crippen molar-refractivity contribution in [3.63, 3.8) is 0 Å². The predicted octanol–water partition coefficient (Wildman–Crippen LogP) is 3.13. The van der Waals surface area contributed by atoms with Crippen LogP contribution in [0.3, 0.4) is 0 Å². The summed E-state index contributed by atoms with van der Waals surface area (Å²) in [5.74, 6) is 0.507. The van der Waals surface area contributed by atoms with Crippen LogP contribution >= 0.6 is 0 Å². The lowest BCUT2D eigenvalue weighted by atomic mass is 9.71. The molecule has 2 atom stereocenters. The van der Waals surface area contributed by atoms with Gasteiger partial charge in [0.1, 0.15) is 11.6 Å². The van der Waals surface area contributed by atoms with Gasteiger partial charge >= 0.3 is 5.97 Å². The van der Waals surface area contributed by atoms with Gasteiger partial charge < -0.3 is 10.1 Å². The molecular formula is C15H29NO2. The Hall–Kier alpha value is -0.570. The molecule has 3 heteroatoms. The molecule has 1 fully saturated rings. The molecule has 1 aliphatic carbocycles. The Bertz CT molecular complexity index is 297. The molecule has 3 nitrogen and oxygen atoms in total.